The molecule has 0 aliphatic carbocycles. The highest BCUT2D eigenvalue weighted by atomic mass is 32.1. The lowest BCUT2D eigenvalue weighted by molar-refractivity contribution is -0.121. The van der Waals surface area contributed by atoms with Gasteiger partial charge in [0.1, 0.15) is 4.83 Å². The predicted molar refractivity (Wildman–Crippen MR) is 122 cm³/mol. The van der Waals surface area contributed by atoms with Crippen LogP contribution in [-0.2, 0) is 11.2 Å². The number of rotatable bonds is 9. The molecule has 0 aliphatic heterocycles. The van der Waals surface area contributed by atoms with Gasteiger partial charge in [-0.3, -0.25) is 9.59 Å². The molecule has 160 valence electrons. The van der Waals surface area contributed by atoms with E-state index in [1.54, 1.807) is 0 Å². The first kappa shape index (κ1) is 22.0. The molecule has 0 unspecified atom stereocenters. The van der Waals surface area contributed by atoms with Crippen LogP contribution in [-0.4, -0.2) is 34.7 Å². The third-order valence-corrected chi connectivity index (χ3v) is 5.94. The lowest BCUT2D eigenvalue weighted by atomic mass is 10.1. The summed E-state index contributed by atoms with van der Waals surface area (Å²) in [6, 6.07) is 10.2. The monoisotopic (exact) mass is 426 g/mol. The Bertz CT molecular complexity index is 1020. The maximum atomic E-state index is 12.6. The third-order valence-electron chi connectivity index (χ3n) is 4.83. The molecule has 2 N–H and O–H groups in total. The van der Waals surface area contributed by atoms with Crippen molar-refractivity contribution < 1.29 is 9.59 Å². The highest BCUT2D eigenvalue weighted by molar-refractivity contribution is 7.20. The number of aromatic nitrogens is 2. The number of carbonyl (C=O) groups is 2. The topological polar surface area (TPSA) is 76.0 Å². The standard InChI is InChI=1S/C23H30N4O2S/c1-5-19-18-14-20(22(29)25-12-6-11-24-21(28)13-15(2)3)30-23(18)27(26-19)17-9-7-16(4)8-10-17/h7-10,14-15H,5-6,11-13H2,1-4H3,(H,24,28)(H,25,29). The third kappa shape index (κ3) is 5.27. The molecule has 2 aromatic heterocycles. The Balaban J connectivity index is 1.64. The van der Waals surface area contributed by atoms with E-state index in [4.69, 9.17) is 5.10 Å². The smallest absolute Gasteiger partial charge is 0.261 e. The molecule has 6 nitrogen and oxygen atoms in total. The second kappa shape index (κ2) is 9.89. The Morgan fingerprint density at radius 2 is 1.83 bits per heavy atom. The van der Waals surface area contributed by atoms with Gasteiger partial charge in [0.15, 0.2) is 0 Å². The maximum Gasteiger partial charge on any atom is 0.261 e. The number of hydrogen-bond donors (Lipinski definition) is 2. The van der Waals surface area contributed by atoms with Gasteiger partial charge in [-0.25, -0.2) is 4.68 Å². The molecule has 0 fully saturated rings. The molecule has 0 bridgehead atoms. The zero-order valence-corrected chi connectivity index (χ0v) is 18.9. The summed E-state index contributed by atoms with van der Waals surface area (Å²) in [7, 11) is 0. The summed E-state index contributed by atoms with van der Waals surface area (Å²) < 4.78 is 1.93. The molecule has 0 atom stereocenters. The van der Waals surface area contributed by atoms with E-state index in [0.29, 0.717) is 36.7 Å². The lowest BCUT2D eigenvalue weighted by Crippen LogP contribution is -2.30. The summed E-state index contributed by atoms with van der Waals surface area (Å²) >= 11 is 1.46. The van der Waals surface area contributed by atoms with Crippen LogP contribution in [0.3, 0.4) is 0 Å². The van der Waals surface area contributed by atoms with Crippen molar-refractivity contribution in [2.75, 3.05) is 13.1 Å². The van der Waals surface area contributed by atoms with Crippen LogP contribution in [0.5, 0.6) is 0 Å². The number of fused-ring (bicyclic) bond motifs is 1. The van der Waals surface area contributed by atoms with Crippen molar-refractivity contribution in [1.82, 2.24) is 20.4 Å². The van der Waals surface area contributed by atoms with Crippen LogP contribution in [0.2, 0.25) is 0 Å². The van der Waals surface area contributed by atoms with Gasteiger partial charge in [0.25, 0.3) is 5.91 Å². The number of hydrogen-bond acceptors (Lipinski definition) is 4. The Hall–Kier alpha value is -2.67. The summed E-state index contributed by atoms with van der Waals surface area (Å²) in [6.45, 7) is 9.27. The van der Waals surface area contributed by atoms with Crippen LogP contribution in [0.1, 0.15) is 54.5 Å². The second-order valence-electron chi connectivity index (χ2n) is 7.93. The fraction of sp³-hybridized carbons (Fsp3) is 0.435. The van der Waals surface area contributed by atoms with E-state index in [2.05, 4.69) is 36.6 Å². The number of nitrogens with one attached hydrogen (secondary N) is 2. The van der Waals surface area contributed by atoms with E-state index in [1.807, 2.05) is 36.7 Å². The minimum Gasteiger partial charge on any atom is -0.356 e. The summed E-state index contributed by atoms with van der Waals surface area (Å²) in [4.78, 5) is 26.0. The summed E-state index contributed by atoms with van der Waals surface area (Å²) in [6.07, 6.45) is 2.05. The fourth-order valence-corrected chi connectivity index (χ4v) is 4.32. The average Bonchev–Trinajstić information content (AvgIpc) is 3.27. The quantitative estimate of drug-likeness (QED) is 0.503. The van der Waals surface area contributed by atoms with E-state index in [-0.39, 0.29) is 11.8 Å². The van der Waals surface area contributed by atoms with E-state index >= 15 is 0 Å². The predicted octanol–water partition coefficient (Wildman–Crippen LogP) is 4.24. The van der Waals surface area contributed by atoms with Crippen molar-refractivity contribution in [3.63, 3.8) is 0 Å². The van der Waals surface area contributed by atoms with Gasteiger partial charge in [-0.2, -0.15) is 5.10 Å². The van der Waals surface area contributed by atoms with Gasteiger partial charge in [-0.1, -0.05) is 38.5 Å². The van der Waals surface area contributed by atoms with Gasteiger partial charge < -0.3 is 10.6 Å². The zero-order chi connectivity index (χ0) is 21.7. The highest BCUT2D eigenvalue weighted by Gasteiger charge is 2.18. The summed E-state index contributed by atoms with van der Waals surface area (Å²) in [5, 5.41) is 11.6. The van der Waals surface area contributed by atoms with Crippen LogP contribution in [0.25, 0.3) is 15.9 Å². The van der Waals surface area contributed by atoms with Crippen molar-refractivity contribution in [2.24, 2.45) is 5.92 Å². The number of benzene rings is 1. The second-order valence-corrected chi connectivity index (χ2v) is 8.97. The Morgan fingerprint density at radius 3 is 2.50 bits per heavy atom. The van der Waals surface area contributed by atoms with Crippen molar-refractivity contribution in [2.45, 2.75) is 47.0 Å². The van der Waals surface area contributed by atoms with Crippen molar-refractivity contribution in [3.05, 3.63) is 46.5 Å². The summed E-state index contributed by atoms with van der Waals surface area (Å²) in [5.41, 5.74) is 3.19. The maximum absolute atomic E-state index is 12.6. The molecule has 0 radical (unpaired) electrons. The molecule has 7 heteroatoms. The number of aryl methyl sites for hydroxylation is 2. The van der Waals surface area contributed by atoms with Crippen LogP contribution in [0.15, 0.2) is 30.3 Å². The molecule has 3 rings (SSSR count). The van der Waals surface area contributed by atoms with Crippen LogP contribution in [0.4, 0.5) is 0 Å². The van der Waals surface area contributed by atoms with E-state index < -0.39 is 0 Å². The molecule has 0 saturated heterocycles. The Labute approximate surface area is 181 Å². The van der Waals surface area contributed by atoms with Gasteiger partial charge in [-0.15, -0.1) is 11.3 Å². The first-order chi connectivity index (χ1) is 14.4. The molecule has 2 amide bonds. The number of nitrogens with zero attached hydrogens (tertiary/aromatic N) is 2. The average molecular weight is 427 g/mol. The molecule has 0 saturated carbocycles. The van der Waals surface area contributed by atoms with Gasteiger partial charge >= 0.3 is 0 Å². The van der Waals surface area contributed by atoms with Crippen molar-refractivity contribution >= 4 is 33.4 Å². The van der Waals surface area contributed by atoms with Crippen molar-refractivity contribution in [1.29, 1.82) is 0 Å². The SMILES string of the molecule is CCc1nn(-c2ccc(C)cc2)c2sc(C(=O)NCCCNC(=O)CC(C)C)cc12. The number of amides is 2. The van der Waals surface area contributed by atoms with E-state index in [1.165, 1.54) is 16.9 Å². The molecular formula is C23H30N4O2S. The van der Waals surface area contributed by atoms with Crippen LogP contribution >= 0.6 is 11.3 Å². The van der Waals surface area contributed by atoms with E-state index in [9.17, 15) is 9.59 Å². The Kier molecular flexibility index (Phi) is 7.26. The van der Waals surface area contributed by atoms with Crippen molar-refractivity contribution in [3.8, 4) is 5.69 Å². The van der Waals surface area contributed by atoms with Crippen LogP contribution in [0, 0.1) is 12.8 Å². The number of carbonyl (C=O) groups excluding carboxylic acids is 2. The molecule has 1 aromatic carbocycles. The molecular weight excluding hydrogens is 396 g/mol. The van der Waals surface area contributed by atoms with Gasteiger partial charge in [0.2, 0.25) is 5.91 Å². The Morgan fingerprint density at radius 1 is 1.13 bits per heavy atom. The first-order valence-electron chi connectivity index (χ1n) is 10.5. The minimum absolute atomic E-state index is 0.0635. The molecule has 3 aromatic rings. The van der Waals surface area contributed by atoms with Gasteiger partial charge in [0, 0.05) is 24.9 Å². The number of thiophene rings is 1. The van der Waals surface area contributed by atoms with Gasteiger partial charge in [-0.05, 0) is 43.9 Å². The largest absolute Gasteiger partial charge is 0.356 e. The minimum atomic E-state index is -0.0813. The molecule has 2 heterocycles. The molecule has 30 heavy (non-hydrogen) atoms. The lowest BCUT2D eigenvalue weighted by Gasteiger charge is -2.07. The first-order valence-corrected chi connectivity index (χ1v) is 11.3. The molecule has 0 spiro atoms. The highest BCUT2D eigenvalue weighted by Crippen LogP contribution is 2.31. The zero-order valence-electron chi connectivity index (χ0n) is 18.1. The summed E-state index contributed by atoms with van der Waals surface area (Å²) in [5.74, 6) is 0.331. The van der Waals surface area contributed by atoms with Gasteiger partial charge in [0.05, 0.1) is 16.3 Å². The fourth-order valence-electron chi connectivity index (χ4n) is 3.25. The van der Waals surface area contributed by atoms with E-state index in [0.717, 1.165) is 28.0 Å². The molecule has 0 aliphatic rings. The van der Waals surface area contributed by atoms with Crippen LogP contribution < -0.4 is 10.6 Å². The normalized spacial score (nSPS) is 11.2.